The first-order chi connectivity index (χ1) is 7.25. The Morgan fingerprint density at radius 3 is 2.80 bits per heavy atom. The van der Waals surface area contributed by atoms with Crippen molar-refractivity contribution < 1.29 is 13.9 Å². The average Bonchev–Trinajstić information content (AvgIpc) is 2.24. The van der Waals surface area contributed by atoms with Crippen LogP contribution in [0.1, 0.15) is 18.9 Å². The molecule has 0 heterocycles. The Labute approximate surface area is 90.0 Å². The Morgan fingerprint density at radius 2 is 2.07 bits per heavy atom. The second-order valence-electron chi connectivity index (χ2n) is 3.29. The van der Waals surface area contributed by atoms with Gasteiger partial charge in [-0.3, -0.25) is 0 Å². The predicted molar refractivity (Wildman–Crippen MR) is 57.7 cm³/mol. The van der Waals surface area contributed by atoms with E-state index in [4.69, 9.17) is 9.47 Å². The molecule has 2 nitrogen and oxygen atoms in total. The Hall–Kier alpha value is -1.09. The number of halogens is 1. The summed E-state index contributed by atoms with van der Waals surface area (Å²) in [5.41, 5.74) is 0.609. The van der Waals surface area contributed by atoms with Gasteiger partial charge in [0, 0.05) is 19.6 Å². The lowest BCUT2D eigenvalue weighted by atomic mass is 10.2. The minimum Gasteiger partial charge on any atom is -0.490 e. The van der Waals surface area contributed by atoms with Crippen molar-refractivity contribution in [3.8, 4) is 5.75 Å². The van der Waals surface area contributed by atoms with E-state index in [0.717, 1.165) is 6.42 Å². The third-order valence-electron chi connectivity index (χ3n) is 2.05. The summed E-state index contributed by atoms with van der Waals surface area (Å²) in [4.78, 5) is 0. The van der Waals surface area contributed by atoms with E-state index in [1.54, 1.807) is 25.1 Å². The van der Waals surface area contributed by atoms with E-state index in [0.29, 0.717) is 31.1 Å². The summed E-state index contributed by atoms with van der Waals surface area (Å²) in [5.74, 6) is 0.0559. The second-order valence-corrected chi connectivity index (χ2v) is 3.29. The van der Waals surface area contributed by atoms with Gasteiger partial charge in [-0.25, -0.2) is 4.39 Å². The molecule has 1 aromatic rings. The zero-order chi connectivity index (χ0) is 11.1. The first kappa shape index (κ1) is 12.0. The molecule has 1 aromatic carbocycles. The van der Waals surface area contributed by atoms with Gasteiger partial charge in [0.15, 0.2) is 11.6 Å². The van der Waals surface area contributed by atoms with Crippen LogP contribution in [0.3, 0.4) is 0 Å². The molecule has 15 heavy (non-hydrogen) atoms. The summed E-state index contributed by atoms with van der Waals surface area (Å²) in [6, 6.07) is 5.15. The highest BCUT2D eigenvalue weighted by Crippen LogP contribution is 2.19. The normalized spacial score (nSPS) is 10.3. The summed E-state index contributed by atoms with van der Waals surface area (Å²) in [7, 11) is 0. The maximum absolute atomic E-state index is 13.4. The smallest absolute Gasteiger partial charge is 0.167 e. The van der Waals surface area contributed by atoms with Gasteiger partial charge in [0.25, 0.3) is 0 Å². The zero-order valence-electron chi connectivity index (χ0n) is 9.25. The third-order valence-corrected chi connectivity index (χ3v) is 2.05. The molecule has 0 aliphatic rings. The Morgan fingerprint density at radius 1 is 1.27 bits per heavy atom. The van der Waals surface area contributed by atoms with Gasteiger partial charge in [-0.1, -0.05) is 12.1 Å². The van der Waals surface area contributed by atoms with Gasteiger partial charge >= 0.3 is 0 Å². The Bertz CT molecular complexity index is 300. The summed E-state index contributed by atoms with van der Waals surface area (Å²) >= 11 is 0. The monoisotopic (exact) mass is 212 g/mol. The van der Waals surface area contributed by atoms with Crippen molar-refractivity contribution >= 4 is 0 Å². The van der Waals surface area contributed by atoms with Crippen LogP contribution in [-0.4, -0.2) is 19.8 Å². The van der Waals surface area contributed by atoms with E-state index >= 15 is 0 Å². The maximum atomic E-state index is 13.4. The van der Waals surface area contributed by atoms with Crippen LogP contribution in [0.2, 0.25) is 0 Å². The highest BCUT2D eigenvalue weighted by Gasteiger charge is 2.04. The van der Waals surface area contributed by atoms with Crippen molar-refractivity contribution in [2.45, 2.75) is 20.3 Å². The molecule has 0 radical (unpaired) electrons. The van der Waals surface area contributed by atoms with E-state index in [1.807, 2.05) is 6.92 Å². The Balaban J connectivity index is 2.34. The number of hydrogen-bond donors (Lipinski definition) is 0. The lowest BCUT2D eigenvalue weighted by Gasteiger charge is -2.08. The molecule has 0 aliphatic carbocycles. The molecule has 0 saturated heterocycles. The van der Waals surface area contributed by atoms with Gasteiger partial charge in [0.2, 0.25) is 0 Å². The highest BCUT2D eigenvalue weighted by molar-refractivity contribution is 5.29. The summed E-state index contributed by atoms with van der Waals surface area (Å²) < 4.78 is 23.9. The number of aryl methyl sites for hydroxylation is 1. The van der Waals surface area contributed by atoms with Gasteiger partial charge in [0.05, 0.1) is 6.61 Å². The minimum atomic E-state index is -0.270. The lowest BCUT2D eigenvalue weighted by molar-refractivity contribution is 0.130. The average molecular weight is 212 g/mol. The molecule has 0 aliphatic heterocycles. The van der Waals surface area contributed by atoms with Crippen molar-refractivity contribution in [2.75, 3.05) is 19.8 Å². The quantitative estimate of drug-likeness (QED) is 0.675. The molecule has 84 valence electrons. The van der Waals surface area contributed by atoms with Crippen LogP contribution in [0.5, 0.6) is 5.75 Å². The van der Waals surface area contributed by atoms with E-state index < -0.39 is 0 Å². The van der Waals surface area contributed by atoms with E-state index in [9.17, 15) is 4.39 Å². The molecule has 0 spiro atoms. The molecular formula is C12H17FO2. The van der Waals surface area contributed by atoms with Crippen LogP contribution in [-0.2, 0) is 4.74 Å². The molecule has 0 amide bonds. The Kier molecular flexibility index (Phi) is 5.12. The largest absolute Gasteiger partial charge is 0.490 e. The molecule has 0 fully saturated rings. The van der Waals surface area contributed by atoms with Crippen LogP contribution in [0.15, 0.2) is 18.2 Å². The number of ether oxygens (including phenoxy) is 2. The summed E-state index contributed by atoms with van der Waals surface area (Å²) in [6.07, 6.45) is 0.779. The van der Waals surface area contributed by atoms with E-state index in [1.165, 1.54) is 0 Å². The SMILES string of the molecule is CCOCCCOc1cccc(C)c1F. The van der Waals surface area contributed by atoms with Crippen molar-refractivity contribution in [2.24, 2.45) is 0 Å². The molecule has 0 atom stereocenters. The minimum absolute atomic E-state index is 0.270. The molecular weight excluding hydrogens is 195 g/mol. The van der Waals surface area contributed by atoms with Crippen LogP contribution in [0.4, 0.5) is 4.39 Å². The van der Waals surface area contributed by atoms with Crippen LogP contribution < -0.4 is 4.74 Å². The van der Waals surface area contributed by atoms with E-state index in [-0.39, 0.29) is 5.82 Å². The van der Waals surface area contributed by atoms with Gasteiger partial charge < -0.3 is 9.47 Å². The molecule has 0 aromatic heterocycles. The highest BCUT2D eigenvalue weighted by atomic mass is 19.1. The molecule has 0 N–H and O–H groups in total. The van der Waals surface area contributed by atoms with Crippen LogP contribution in [0.25, 0.3) is 0 Å². The van der Waals surface area contributed by atoms with Crippen molar-refractivity contribution in [1.82, 2.24) is 0 Å². The fraction of sp³-hybridized carbons (Fsp3) is 0.500. The first-order valence-electron chi connectivity index (χ1n) is 5.21. The first-order valence-corrected chi connectivity index (χ1v) is 5.21. The van der Waals surface area contributed by atoms with Crippen LogP contribution in [0, 0.1) is 12.7 Å². The predicted octanol–water partition coefficient (Wildman–Crippen LogP) is 2.94. The van der Waals surface area contributed by atoms with Crippen molar-refractivity contribution in [3.05, 3.63) is 29.6 Å². The standard InChI is InChI=1S/C12H17FO2/c1-3-14-8-5-9-15-11-7-4-6-10(2)12(11)13/h4,6-7H,3,5,8-9H2,1-2H3. The van der Waals surface area contributed by atoms with E-state index in [2.05, 4.69) is 0 Å². The van der Waals surface area contributed by atoms with Crippen molar-refractivity contribution in [3.63, 3.8) is 0 Å². The van der Waals surface area contributed by atoms with Gasteiger partial charge in [0.1, 0.15) is 0 Å². The fourth-order valence-electron chi connectivity index (χ4n) is 1.22. The molecule has 0 bridgehead atoms. The molecule has 0 saturated carbocycles. The number of hydrogen-bond acceptors (Lipinski definition) is 2. The lowest BCUT2D eigenvalue weighted by Crippen LogP contribution is -2.04. The number of rotatable bonds is 6. The summed E-state index contributed by atoms with van der Waals surface area (Å²) in [5, 5.41) is 0. The molecule has 1 rings (SSSR count). The number of benzene rings is 1. The molecule has 0 unspecified atom stereocenters. The summed E-state index contributed by atoms with van der Waals surface area (Å²) in [6.45, 7) is 5.52. The second kappa shape index (κ2) is 6.40. The van der Waals surface area contributed by atoms with Crippen LogP contribution >= 0.6 is 0 Å². The van der Waals surface area contributed by atoms with Gasteiger partial charge in [-0.2, -0.15) is 0 Å². The maximum Gasteiger partial charge on any atom is 0.167 e. The topological polar surface area (TPSA) is 18.5 Å². The van der Waals surface area contributed by atoms with Gasteiger partial charge in [-0.05, 0) is 25.5 Å². The molecule has 3 heteroatoms. The van der Waals surface area contributed by atoms with Crippen molar-refractivity contribution in [1.29, 1.82) is 0 Å². The third kappa shape index (κ3) is 3.88. The zero-order valence-corrected chi connectivity index (χ0v) is 9.25. The fourth-order valence-corrected chi connectivity index (χ4v) is 1.22. The van der Waals surface area contributed by atoms with Gasteiger partial charge in [-0.15, -0.1) is 0 Å².